The standard InChI is InChI=1S/C21H28N4O2S/c26-20(10-4-8-19-9-5-17-28-19)22-23-21(27)11-12-24-13-15-25(16-14-24)18-6-2-1-3-7-18/h1-3,5-7,9,17H,4,8,10-16H2,(H,22,26)(H,23,27). The molecule has 7 heteroatoms. The van der Waals surface area contributed by atoms with Gasteiger partial charge < -0.3 is 4.90 Å². The van der Waals surface area contributed by atoms with E-state index in [1.807, 2.05) is 17.5 Å². The lowest BCUT2D eigenvalue weighted by molar-refractivity contribution is -0.129. The number of carbonyl (C=O) groups excluding carboxylic acids is 2. The minimum absolute atomic E-state index is 0.138. The van der Waals surface area contributed by atoms with Gasteiger partial charge in [-0.25, -0.2) is 0 Å². The summed E-state index contributed by atoms with van der Waals surface area (Å²) in [4.78, 5) is 29.7. The Morgan fingerprint density at radius 3 is 2.29 bits per heavy atom. The van der Waals surface area contributed by atoms with Gasteiger partial charge in [0.25, 0.3) is 0 Å². The highest BCUT2D eigenvalue weighted by molar-refractivity contribution is 7.09. The molecule has 0 radical (unpaired) electrons. The Morgan fingerprint density at radius 1 is 0.893 bits per heavy atom. The van der Waals surface area contributed by atoms with Crippen LogP contribution in [0.5, 0.6) is 0 Å². The van der Waals surface area contributed by atoms with Crippen LogP contribution in [0.25, 0.3) is 0 Å². The molecule has 2 aromatic rings. The largest absolute Gasteiger partial charge is 0.369 e. The topological polar surface area (TPSA) is 64.7 Å². The van der Waals surface area contributed by atoms with Crippen molar-refractivity contribution in [3.05, 3.63) is 52.7 Å². The maximum atomic E-state index is 12.0. The van der Waals surface area contributed by atoms with Gasteiger partial charge in [-0.3, -0.25) is 25.3 Å². The van der Waals surface area contributed by atoms with Gasteiger partial charge in [-0.1, -0.05) is 24.3 Å². The maximum Gasteiger partial charge on any atom is 0.239 e. The molecule has 1 aliphatic rings. The lowest BCUT2D eigenvalue weighted by Crippen LogP contribution is -2.48. The van der Waals surface area contributed by atoms with E-state index in [0.717, 1.165) is 39.0 Å². The zero-order valence-corrected chi connectivity index (χ0v) is 16.9. The average Bonchev–Trinajstić information content (AvgIpc) is 3.25. The summed E-state index contributed by atoms with van der Waals surface area (Å²) in [6, 6.07) is 14.5. The van der Waals surface area contributed by atoms with Crippen molar-refractivity contribution in [3.8, 4) is 0 Å². The Balaban J connectivity index is 1.25. The molecule has 2 amide bonds. The summed E-state index contributed by atoms with van der Waals surface area (Å²) in [5, 5.41) is 2.04. The monoisotopic (exact) mass is 400 g/mol. The fourth-order valence-electron chi connectivity index (χ4n) is 3.27. The first-order valence-electron chi connectivity index (χ1n) is 9.83. The van der Waals surface area contributed by atoms with Crippen LogP contribution in [0.15, 0.2) is 47.8 Å². The third-order valence-corrected chi connectivity index (χ3v) is 5.83. The highest BCUT2D eigenvalue weighted by atomic mass is 32.1. The number of piperazine rings is 1. The zero-order valence-electron chi connectivity index (χ0n) is 16.1. The normalized spacial score (nSPS) is 14.6. The third kappa shape index (κ3) is 6.65. The van der Waals surface area contributed by atoms with E-state index in [2.05, 4.69) is 51.0 Å². The summed E-state index contributed by atoms with van der Waals surface area (Å²) in [5.41, 5.74) is 6.30. The molecule has 150 valence electrons. The van der Waals surface area contributed by atoms with Gasteiger partial charge in [0.2, 0.25) is 11.8 Å². The Hall–Kier alpha value is -2.38. The van der Waals surface area contributed by atoms with Gasteiger partial charge in [0, 0.05) is 56.1 Å². The maximum absolute atomic E-state index is 12.0. The number of thiophene rings is 1. The summed E-state index contributed by atoms with van der Waals surface area (Å²) in [6.45, 7) is 4.52. The Morgan fingerprint density at radius 2 is 1.61 bits per heavy atom. The number of para-hydroxylation sites is 1. The first-order chi connectivity index (χ1) is 13.7. The SMILES string of the molecule is O=C(CCCc1cccs1)NNC(=O)CCN1CCN(c2ccccc2)CC1. The molecule has 0 saturated carbocycles. The van der Waals surface area contributed by atoms with E-state index in [1.54, 1.807) is 11.3 Å². The number of aryl methyl sites for hydroxylation is 1. The summed E-state index contributed by atoms with van der Waals surface area (Å²) < 4.78 is 0. The van der Waals surface area contributed by atoms with Crippen LogP contribution in [0, 0.1) is 0 Å². The van der Waals surface area contributed by atoms with Gasteiger partial charge in [0.15, 0.2) is 0 Å². The van der Waals surface area contributed by atoms with Crippen molar-refractivity contribution in [2.45, 2.75) is 25.7 Å². The van der Waals surface area contributed by atoms with Gasteiger partial charge in [-0.2, -0.15) is 0 Å². The second-order valence-corrected chi connectivity index (χ2v) is 7.98. The van der Waals surface area contributed by atoms with E-state index < -0.39 is 0 Å². The van der Waals surface area contributed by atoms with Crippen molar-refractivity contribution in [1.82, 2.24) is 15.8 Å². The molecule has 6 nitrogen and oxygen atoms in total. The Kier molecular flexibility index (Phi) is 7.87. The van der Waals surface area contributed by atoms with E-state index in [-0.39, 0.29) is 11.8 Å². The van der Waals surface area contributed by atoms with Crippen LogP contribution in [0.2, 0.25) is 0 Å². The van der Waals surface area contributed by atoms with Crippen LogP contribution >= 0.6 is 11.3 Å². The van der Waals surface area contributed by atoms with Crippen LogP contribution in [0.1, 0.15) is 24.1 Å². The average molecular weight is 401 g/mol. The van der Waals surface area contributed by atoms with E-state index in [1.165, 1.54) is 10.6 Å². The van der Waals surface area contributed by atoms with Crippen LogP contribution in [-0.2, 0) is 16.0 Å². The predicted molar refractivity (Wildman–Crippen MR) is 113 cm³/mol. The molecule has 0 aliphatic carbocycles. The molecule has 1 aromatic heterocycles. The molecular weight excluding hydrogens is 372 g/mol. The molecule has 1 aliphatic heterocycles. The van der Waals surface area contributed by atoms with Gasteiger partial charge in [-0.05, 0) is 36.4 Å². The summed E-state index contributed by atoms with van der Waals surface area (Å²) in [6.07, 6.45) is 2.49. The van der Waals surface area contributed by atoms with Gasteiger partial charge in [-0.15, -0.1) is 11.3 Å². The number of rotatable bonds is 8. The number of amides is 2. The summed E-state index contributed by atoms with van der Waals surface area (Å²) in [5.74, 6) is -0.279. The minimum atomic E-state index is -0.142. The first kappa shape index (κ1) is 20.4. The molecule has 0 bridgehead atoms. The fraction of sp³-hybridized carbons (Fsp3) is 0.429. The van der Waals surface area contributed by atoms with E-state index in [9.17, 15) is 9.59 Å². The molecule has 3 rings (SSSR count). The number of benzene rings is 1. The quantitative estimate of drug-likeness (QED) is 0.668. The third-order valence-electron chi connectivity index (χ3n) is 4.90. The number of nitrogens with one attached hydrogen (secondary N) is 2. The van der Waals surface area contributed by atoms with Gasteiger partial charge in [0.05, 0.1) is 0 Å². The molecule has 2 heterocycles. The van der Waals surface area contributed by atoms with Gasteiger partial charge >= 0.3 is 0 Å². The molecule has 1 saturated heterocycles. The molecule has 28 heavy (non-hydrogen) atoms. The molecule has 2 N–H and O–H groups in total. The second kappa shape index (κ2) is 10.8. The fourth-order valence-corrected chi connectivity index (χ4v) is 4.02. The van der Waals surface area contributed by atoms with Crippen molar-refractivity contribution in [1.29, 1.82) is 0 Å². The van der Waals surface area contributed by atoms with E-state index in [4.69, 9.17) is 0 Å². The minimum Gasteiger partial charge on any atom is -0.369 e. The number of carbonyl (C=O) groups is 2. The van der Waals surface area contributed by atoms with Crippen LogP contribution in [0.4, 0.5) is 5.69 Å². The Labute approximate surface area is 170 Å². The molecule has 1 aromatic carbocycles. The van der Waals surface area contributed by atoms with Crippen molar-refractivity contribution in [3.63, 3.8) is 0 Å². The Bertz CT molecular complexity index is 728. The lowest BCUT2D eigenvalue weighted by Gasteiger charge is -2.36. The first-order valence-corrected chi connectivity index (χ1v) is 10.7. The predicted octanol–water partition coefficient (Wildman–Crippen LogP) is 2.43. The molecule has 0 unspecified atom stereocenters. The zero-order chi connectivity index (χ0) is 19.6. The molecule has 0 spiro atoms. The lowest BCUT2D eigenvalue weighted by atomic mass is 10.2. The molecular formula is C21H28N4O2S. The van der Waals surface area contributed by atoms with Crippen molar-refractivity contribution in [2.75, 3.05) is 37.6 Å². The highest BCUT2D eigenvalue weighted by Crippen LogP contribution is 2.15. The number of hydrogen-bond donors (Lipinski definition) is 2. The highest BCUT2D eigenvalue weighted by Gasteiger charge is 2.17. The van der Waals surface area contributed by atoms with Crippen LogP contribution in [-0.4, -0.2) is 49.4 Å². The second-order valence-electron chi connectivity index (χ2n) is 6.94. The number of hydrogen-bond acceptors (Lipinski definition) is 5. The van der Waals surface area contributed by atoms with Gasteiger partial charge in [0.1, 0.15) is 0 Å². The molecule has 1 fully saturated rings. The van der Waals surface area contributed by atoms with Crippen molar-refractivity contribution >= 4 is 28.8 Å². The number of hydrazine groups is 1. The molecule has 0 atom stereocenters. The summed E-state index contributed by atoms with van der Waals surface area (Å²) >= 11 is 1.70. The van der Waals surface area contributed by atoms with Crippen LogP contribution < -0.4 is 15.8 Å². The number of nitrogens with zero attached hydrogens (tertiary/aromatic N) is 2. The van der Waals surface area contributed by atoms with Crippen LogP contribution in [0.3, 0.4) is 0 Å². The van der Waals surface area contributed by atoms with E-state index in [0.29, 0.717) is 19.4 Å². The number of anilines is 1. The summed E-state index contributed by atoms with van der Waals surface area (Å²) in [7, 11) is 0. The van der Waals surface area contributed by atoms with Crippen molar-refractivity contribution in [2.24, 2.45) is 0 Å². The van der Waals surface area contributed by atoms with Crippen molar-refractivity contribution < 1.29 is 9.59 Å². The smallest absolute Gasteiger partial charge is 0.239 e. The van der Waals surface area contributed by atoms with E-state index >= 15 is 0 Å².